The van der Waals surface area contributed by atoms with Crippen LogP contribution in [0, 0.1) is 0 Å². The van der Waals surface area contributed by atoms with Crippen LogP contribution in [0.5, 0.6) is 5.75 Å². The van der Waals surface area contributed by atoms with Gasteiger partial charge in [-0.2, -0.15) is 10.2 Å². The third kappa shape index (κ3) is 8.48. The van der Waals surface area contributed by atoms with Crippen molar-refractivity contribution in [3.63, 3.8) is 0 Å². The van der Waals surface area contributed by atoms with E-state index in [0.717, 1.165) is 30.0 Å². The summed E-state index contributed by atoms with van der Waals surface area (Å²) >= 11 is 0. The lowest BCUT2D eigenvalue weighted by atomic mass is 10.1. The zero-order valence-electron chi connectivity index (χ0n) is 15.4. The van der Waals surface area contributed by atoms with Gasteiger partial charge in [-0.25, -0.2) is 0 Å². The molecule has 0 aliphatic carbocycles. The predicted octanol–water partition coefficient (Wildman–Crippen LogP) is 7.10. The molecule has 2 rings (SSSR count). The molecule has 0 heterocycles. The minimum absolute atomic E-state index is 0.590. The van der Waals surface area contributed by atoms with Crippen LogP contribution in [0.4, 0.5) is 5.69 Å². The van der Waals surface area contributed by atoms with Gasteiger partial charge in [0.15, 0.2) is 0 Å². The highest BCUT2D eigenvalue weighted by molar-refractivity contribution is 5.34. The number of benzene rings is 2. The van der Waals surface area contributed by atoms with E-state index < -0.39 is 0 Å². The lowest BCUT2D eigenvalue weighted by molar-refractivity contribution is 0.304. The molecule has 0 fully saturated rings. The molecule has 3 nitrogen and oxygen atoms in total. The second-order valence-corrected chi connectivity index (χ2v) is 6.35. The quantitative estimate of drug-likeness (QED) is 0.300. The third-order valence-corrected chi connectivity index (χ3v) is 4.14. The Hall–Kier alpha value is -2.16. The molecule has 0 aliphatic rings. The largest absolute Gasteiger partial charge is 0.494 e. The number of ether oxygens (including phenoxy) is 1. The van der Waals surface area contributed by atoms with Crippen molar-refractivity contribution in [2.45, 2.75) is 58.4 Å². The van der Waals surface area contributed by atoms with Gasteiger partial charge in [-0.15, -0.1) is 0 Å². The molecule has 0 saturated carbocycles. The second-order valence-electron chi connectivity index (χ2n) is 6.35. The van der Waals surface area contributed by atoms with E-state index in [1.165, 1.54) is 38.5 Å². The molecule has 3 heteroatoms. The van der Waals surface area contributed by atoms with E-state index in [9.17, 15) is 0 Å². The number of azo groups is 1. The standard InChI is InChI=1S/C22H30N2O/c1-2-3-4-5-6-7-11-18-25-22-16-14-20(15-17-22)19-23-24-21-12-9-8-10-13-21/h8-10,12-17H,2-7,11,18-19H2,1H3. The Morgan fingerprint density at radius 1 is 0.760 bits per heavy atom. The maximum Gasteiger partial charge on any atom is 0.119 e. The molecule has 0 aliphatic heterocycles. The van der Waals surface area contributed by atoms with Gasteiger partial charge in [0.25, 0.3) is 0 Å². The topological polar surface area (TPSA) is 34.0 Å². The van der Waals surface area contributed by atoms with Crippen LogP contribution in [0.15, 0.2) is 64.8 Å². The molecule has 134 valence electrons. The van der Waals surface area contributed by atoms with Gasteiger partial charge in [0.05, 0.1) is 18.8 Å². The SMILES string of the molecule is CCCCCCCCCOc1ccc(CN=Nc2ccccc2)cc1. The van der Waals surface area contributed by atoms with Crippen LogP contribution in [-0.2, 0) is 6.54 Å². The van der Waals surface area contributed by atoms with Gasteiger partial charge in [-0.05, 0) is 36.2 Å². The van der Waals surface area contributed by atoms with Crippen LogP contribution in [0.2, 0.25) is 0 Å². The zero-order chi connectivity index (χ0) is 17.6. The van der Waals surface area contributed by atoms with Crippen LogP contribution in [-0.4, -0.2) is 6.61 Å². The smallest absolute Gasteiger partial charge is 0.119 e. The summed E-state index contributed by atoms with van der Waals surface area (Å²) in [6, 6.07) is 18.0. The van der Waals surface area contributed by atoms with Crippen molar-refractivity contribution in [1.82, 2.24) is 0 Å². The number of hydrogen-bond donors (Lipinski definition) is 0. The number of unbranched alkanes of at least 4 members (excludes halogenated alkanes) is 6. The molecule has 0 atom stereocenters. The monoisotopic (exact) mass is 338 g/mol. The zero-order valence-corrected chi connectivity index (χ0v) is 15.4. The molecule has 0 unspecified atom stereocenters. The van der Waals surface area contributed by atoms with Gasteiger partial charge in [0.2, 0.25) is 0 Å². The second kappa shape index (κ2) is 12.2. The first-order valence-corrected chi connectivity index (χ1v) is 9.53. The molecule has 2 aromatic carbocycles. The number of nitrogens with zero attached hydrogens (tertiary/aromatic N) is 2. The summed E-state index contributed by atoms with van der Waals surface area (Å²) in [5.74, 6) is 0.940. The Morgan fingerprint density at radius 3 is 2.16 bits per heavy atom. The van der Waals surface area contributed by atoms with Crippen molar-refractivity contribution in [2.75, 3.05) is 6.61 Å². The van der Waals surface area contributed by atoms with Crippen LogP contribution in [0.25, 0.3) is 0 Å². The van der Waals surface area contributed by atoms with E-state index >= 15 is 0 Å². The fourth-order valence-corrected chi connectivity index (χ4v) is 2.63. The molecule has 0 aromatic heterocycles. The average Bonchev–Trinajstić information content (AvgIpc) is 2.66. The van der Waals surface area contributed by atoms with E-state index in [0.29, 0.717) is 6.54 Å². The van der Waals surface area contributed by atoms with Crippen molar-refractivity contribution < 1.29 is 4.74 Å². The maximum atomic E-state index is 5.81. The van der Waals surface area contributed by atoms with Crippen LogP contribution >= 0.6 is 0 Å². The van der Waals surface area contributed by atoms with Gasteiger partial charge >= 0.3 is 0 Å². The Labute approximate surface area is 152 Å². The highest BCUT2D eigenvalue weighted by Crippen LogP contribution is 2.16. The summed E-state index contributed by atoms with van der Waals surface area (Å²) < 4.78 is 5.81. The summed E-state index contributed by atoms with van der Waals surface area (Å²) in [4.78, 5) is 0. The van der Waals surface area contributed by atoms with Gasteiger partial charge in [0, 0.05) is 0 Å². The average molecular weight is 338 g/mol. The van der Waals surface area contributed by atoms with Crippen molar-refractivity contribution >= 4 is 5.69 Å². The lowest BCUT2D eigenvalue weighted by Gasteiger charge is -2.06. The van der Waals surface area contributed by atoms with Crippen molar-refractivity contribution in [1.29, 1.82) is 0 Å². The molecule has 0 N–H and O–H groups in total. The predicted molar refractivity (Wildman–Crippen MR) is 105 cm³/mol. The normalized spacial score (nSPS) is 11.1. The van der Waals surface area contributed by atoms with Crippen LogP contribution in [0.1, 0.15) is 57.4 Å². The van der Waals surface area contributed by atoms with Crippen LogP contribution < -0.4 is 4.74 Å². The van der Waals surface area contributed by atoms with Gasteiger partial charge in [-0.1, -0.05) is 75.8 Å². The summed E-state index contributed by atoms with van der Waals surface area (Å²) in [7, 11) is 0. The summed E-state index contributed by atoms with van der Waals surface area (Å²) in [5.41, 5.74) is 2.03. The number of rotatable bonds is 12. The molecule has 0 amide bonds. The van der Waals surface area contributed by atoms with E-state index in [2.05, 4.69) is 29.3 Å². The van der Waals surface area contributed by atoms with Gasteiger partial charge in [-0.3, -0.25) is 0 Å². The van der Waals surface area contributed by atoms with Crippen molar-refractivity contribution in [2.24, 2.45) is 10.2 Å². The molecule has 2 aromatic rings. The molecule has 0 spiro atoms. The van der Waals surface area contributed by atoms with E-state index in [1.54, 1.807) is 0 Å². The van der Waals surface area contributed by atoms with Crippen LogP contribution in [0.3, 0.4) is 0 Å². The third-order valence-electron chi connectivity index (χ3n) is 4.14. The lowest BCUT2D eigenvalue weighted by Crippen LogP contribution is -1.97. The minimum atomic E-state index is 0.590. The first kappa shape index (κ1) is 19.2. The molecule has 0 saturated heterocycles. The van der Waals surface area contributed by atoms with Crippen molar-refractivity contribution in [3.05, 3.63) is 60.2 Å². The maximum absolute atomic E-state index is 5.81. The molecule has 25 heavy (non-hydrogen) atoms. The van der Waals surface area contributed by atoms with E-state index in [4.69, 9.17) is 4.74 Å². The molecular weight excluding hydrogens is 308 g/mol. The highest BCUT2D eigenvalue weighted by Gasteiger charge is 1.96. The fourth-order valence-electron chi connectivity index (χ4n) is 2.63. The summed E-state index contributed by atoms with van der Waals surface area (Å²) in [6.45, 7) is 3.65. The summed E-state index contributed by atoms with van der Waals surface area (Å²) in [5, 5.41) is 8.46. The van der Waals surface area contributed by atoms with Gasteiger partial charge in [0.1, 0.15) is 5.75 Å². The Bertz CT molecular complexity index is 593. The molecule has 0 radical (unpaired) electrons. The number of hydrogen-bond acceptors (Lipinski definition) is 3. The van der Waals surface area contributed by atoms with E-state index in [-0.39, 0.29) is 0 Å². The molecule has 0 bridgehead atoms. The van der Waals surface area contributed by atoms with Gasteiger partial charge < -0.3 is 4.74 Å². The van der Waals surface area contributed by atoms with E-state index in [1.807, 2.05) is 42.5 Å². The van der Waals surface area contributed by atoms with Crippen molar-refractivity contribution in [3.8, 4) is 5.75 Å². The first-order chi connectivity index (χ1) is 12.4. The Morgan fingerprint density at radius 2 is 1.44 bits per heavy atom. The first-order valence-electron chi connectivity index (χ1n) is 9.53. The fraction of sp³-hybridized carbons (Fsp3) is 0.455. The highest BCUT2D eigenvalue weighted by atomic mass is 16.5. The minimum Gasteiger partial charge on any atom is -0.494 e. The Balaban J connectivity index is 1.60. The molecular formula is C22H30N2O. The Kier molecular flexibility index (Phi) is 9.38. The summed E-state index contributed by atoms with van der Waals surface area (Å²) in [6.07, 6.45) is 9.15.